The summed E-state index contributed by atoms with van der Waals surface area (Å²) < 4.78 is 1.74. The molecule has 0 saturated heterocycles. The first-order chi connectivity index (χ1) is 8.02. The fraction of sp³-hybridized carbons (Fsp3) is 0.600. The molecule has 0 bridgehead atoms. The Morgan fingerprint density at radius 3 is 2.65 bits per heavy atom. The molecule has 0 unspecified atom stereocenters. The van der Waals surface area contributed by atoms with Gasteiger partial charge in [-0.15, -0.1) is 0 Å². The molecule has 0 aliphatic rings. The molecule has 0 aliphatic heterocycles. The maximum Gasteiger partial charge on any atom is 0.330 e. The van der Waals surface area contributed by atoms with Gasteiger partial charge in [-0.3, -0.25) is 14.8 Å². The van der Waals surface area contributed by atoms with Crippen molar-refractivity contribution in [1.29, 1.82) is 5.41 Å². The molecule has 0 spiro atoms. The molecule has 0 saturated carbocycles. The molecule has 0 fully saturated rings. The molecule has 7 heteroatoms. The first kappa shape index (κ1) is 13.8. The van der Waals surface area contributed by atoms with E-state index in [9.17, 15) is 10.1 Å². The van der Waals surface area contributed by atoms with Gasteiger partial charge in [0.25, 0.3) is 0 Å². The normalized spacial score (nSPS) is 10.5. The van der Waals surface area contributed by atoms with Crippen molar-refractivity contribution in [2.45, 2.75) is 39.7 Å². The van der Waals surface area contributed by atoms with Gasteiger partial charge in [0.1, 0.15) is 0 Å². The summed E-state index contributed by atoms with van der Waals surface area (Å²) in [5, 5.41) is 23.0. The van der Waals surface area contributed by atoms with Crippen LogP contribution < -0.4 is 0 Å². The largest absolute Gasteiger partial charge is 0.330 e. The minimum Gasteiger partial charge on any atom is -0.303 e. The van der Waals surface area contributed by atoms with E-state index in [1.165, 1.54) is 0 Å². The van der Waals surface area contributed by atoms with Gasteiger partial charge in [-0.05, 0) is 28.8 Å². The second kappa shape index (κ2) is 5.90. The third kappa shape index (κ3) is 2.91. The summed E-state index contributed by atoms with van der Waals surface area (Å²) in [5.74, 6) is 0. The van der Waals surface area contributed by atoms with Crippen molar-refractivity contribution in [3.05, 3.63) is 20.4 Å². The predicted octanol–water partition coefficient (Wildman–Crippen LogP) is 3.13. The Morgan fingerprint density at radius 1 is 1.53 bits per heavy atom. The van der Waals surface area contributed by atoms with Crippen molar-refractivity contribution in [2.75, 3.05) is 0 Å². The minimum atomic E-state index is -0.483. The number of nitrogens with one attached hydrogen (secondary N) is 1. The van der Waals surface area contributed by atoms with Crippen LogP contribution in [0.4, 0.5) is 5.69 Å². The fourth-order valence-corrected chi connectivity index (χ4v) is 2.15. The number of halogens is 1. The third-order valence-electron chi connectivity index (χ3n) is 2.29. The van der Waals surface area contributed by atoms with Crippen LogP contribution in [0.5, 0.6) is 0 Å². The summed E-state index contributed by atoms with van der Waals surface area (Å²) in [6.07, 6.45) is 2.12. The highest BCUT2D eigenvalue weighted by molar-refractivity contribution is 9.10. The zero-order valence-electron chi connectivity index (χ0n) is 9.86. The molecule has 0 atom stereocenters. The number of hydrogen-bond acceptors (Lipinski definition) is 4. The zero-order valence-corrected chi connectivity index (χ0v) is 11.5. The van der Waals surface area contributed by atoms with E-state index in [1.807, 2.05) is 13.8 Å². The van der Waals surface area contributed by atoms with Gasteiger partial charge in [0, 0.05) is 6.54 Å². The molecule has 0 aromatic carbocycles. The number of rotatable bonds is 6. The summed E-state index contributed by atoms with van der Waals surface area (Å²) in [5.41, 5.74) is 0.494. The quantitative estimate of drug-likeness (QED) is 0.497. The Kier molecular flexibility index (Phi) is 4.80. The van der Waals surface area contributed by atoms with Crippen LogP contribution in [0.2, 0.25) is 0 Å². The zero-order chi connectivity index (χ0) is 13.0. The Bertz CT molecular complexity index is 442. The van der Waals surface area contributed by atoms with Crippen LogP contribution in [0.3, 0.4) is 0 Å². The predicted molar refractivity (Wildman–Crippen MR) is 68.6 cm³/mol. The monoisotopic (exact) mass is 302 g/mol. The smallest absolute Gasteiger partial charge is 0.303 e. The lowest BCUT2D eigenvalue weighted by molar-refractivity contribution is -0.385. The van der Waals surface area contributed by atoms with Gasteiger partial charge in [-0.1, -0.05) is 20.3 Å². The van der Waals surface area contributed by atoms with Crippen LogP contribution in [0, 0.1) is 15.5 Å². The van der Waals surface area contributed by atoms with Crippen molar-refractivity contribution >= 4 is 27.3 Å². The molecule has 1 N–H and O–H groups in total. The highest BCUT2D eigenvalue weighted by atomic mass is 79.9. The summed E-state index contributed by atoms with van der Waals surface area (Å²) in [4.78, 5) is 10.5. The molecular formula is C10H15BrN4O2. The Hall–Kier alpha value is -1.24. The SMILES string of the molecule is CCCC(=N)c1c([N+](=O)[O-])c(Br)nn1CCC. The number of nitro groups is 1. The van der Waals surface area contributed by atoms with Gasteiger partial charge in [0.2, 0.25) is 4.60 Å². The van der Waals surface area contributed by atoms with Crippen molar-refractivity contribution in [1.82, 2.24) is 9.78 Å². The minimum absolute atomic E-state index is 0.100. The van der Waals surface area contributed by atoms with E-state index in [0.717, 1.165) is 12.8 Å². The first-order valence-electron chi connectivity index (χ1n) is 5.51. The van der Waals surface area contributed by atoms with Crippen LogP contribution in [-0.2, 0) is 6.54 Å². The number of hydrogen-bond donors (Lipinski definition) is 1. The topological polar surface area (TPSA) is 84.8 Å². The third-order valence-corrected chi connectivity index (χ3v) is 2.82. The van der Waals surface area contributed by atoms with Gasteiger partial charge < -0.3 is 5.41 Å². The lowest BCUT2D eigenvalue weighted by Crippen LogP contribution is -2.12. The second-order valence-corrected chi connectivity index (χ2v) is 4.45. The van der Waals surface area contributed by atoms with Crippen LogP contribution in [0.15, 0.2) is 4.60 Å². The molecule has 0 radical (unpaired) electrons. The van der Waals surface area contributed by atoms with E-state index in [4.69, 9.17) is 5.41 Å². The van der Waals surface area contributed by atoms with Gasteiger partial charge >= 0.3 is 5.69 Å². The van der Waals surface area contributed by atoms with E-state index in [-0.39, 0.29) is 16.0 Å². The number of aryl methyl sites for hydroxylation is 1. The van der Waals surface area contributed by atoms with E-state index in [2.05, 4.69) is 21.0 Å². The van der Waals surface area contributed by atoms with E-state index in [0.29, 0.717) is 18.7 Å². The summed E-state index contributed by atoms with van der Waals surface area (Å²) in [6, 6.07) is 0. The maximum atomic E-state index is 11.0. The maximum absolute atomic E-state index is 11.0. The molecule has 1 aromatic heterocycles. The van der Waals surface area contributed by atoms with Crippen molar-refractivity contribution < 1.29 is 4.92 Å². The number of nitrogens with zero attached hydrogens (tertiary/aromatic N) is 3. The average molecular weight is 303 g/mol. The molecule has 94 valence electrons. The van der Waals surface area contributed by atoms with Crippen molar-refractivity contribution in [3.8, 4) is 0 Å². The summed E-state index contributed by atoms with van der Waals surface area (Å²) in [7, 11) is 0. The highest BCUT2D eigenvalue weighted by Crippen LogP contribution is 2.29. The van der Waals surface area contributed by atoms with Gasteiger partial charge in [0.05, 0.1) is 10.6 Å². The molecule has 1 rings (SSSR count). The van der Waals surface area contributed by atoms with Gasteiger partial charge in [-0.25, -0.2) is 0 Å². The Labute approximate surface area is 108 Å². The molecule has 17 heavy (non-hydrogen) atoms. The molecular weight excluding hydrogens is 288 g/mol. The van der Waals surface area contributed by atoms with Crippen LogP contribution in [0.1, 0.15) is 38.8 Å². The molecule has 0 aliphatic carbocycles. The van der Waals surface area contributed by atoms with Crippen LogP contribution in [-0.4, -0.2) is 20.4 Å². The average Bonchev–Trinajstić information content (AvgIpc) is 2.56. The summed E-state index contributed by atoms with van der Waals surface area (Å²) in [6.45, 7) is 4.48. The molecule has 6 nitrogen and oxygen atoms in total. The highest BCUT2D eigenvalue weighted by Gasteiger charge is 2.28. The second-order valence-electron chi connectivity index (χ2n) is 3.70. The Morgan fingerprint density at radius 2 is 2.18 bits per heavy atom. The van der Waals surface area contributed by atoms with Crippen LogP contribution in [0.25, 0.3) is 0 Å². The summed E-state index contributed by atoms with van der Waals surface area (Å²) >= 11 is 3.09. The standard InChI is InChI=1S/C10H15BrN4O2/c1-3-5-7(12)8-9(15(16)17)10(11)13-14(8)6-4-2/h12H,3-6H2,1-2H3. The lowest BCUT2D eigenvalue weighted by Gasteiger charge is -2.05. The molecule has 1 aromatic rings. The van der Waals surface area contributed by atoms with E-state index >= 15 is 0 Å². The van der Waals surface area contributed by atoms with Crippen molar-refractivity contribution in [2.24, 2.45) is 0 Å². The fourth-order valence-electron chi connectivity index (χ4n) is 1.63. The lowest BCUT2D eigenvalue weighted by atomic mass is 10.1. The van der Waals surface area contributed by atoms with Crippen LogP contribution >= 0.6 is 15.9 Å². The van der Waals surface area contributed by atoms with Gasteiger partial charge in [-0.2, -0.15) is 5.10 Å². The van der Waals surface area contributed by atoms with Gasteiger partial charge in [0.15, 0.2) is 5.69 Å². The Balaban J connectivity index is 3.29. The van der Waals surface area contributed by atoms with E-state index < -0.39 is 4.92 Å². The molecule has 1 heterocycles. The first-order valence-corrected chi connectivity index (χ1v) is 6.30. The number of aromatic nitrogens is 2. The van der Waals surface area contributed by atoms with Crippen molar-refractivity contribution in [3.63, 3.8) is 0 Å². The molecule has 0 amide bonds. The van der Waals surface area contributed by atoms with E-state index in [1.54, 1.807) is 4.68 Å².